The number of allylic oxidation sites excluding steroid dienone is 2. The number of hydrogen-bond donors (Lipinski definition) is 0. The molecule has 2 nitrogen and oxygen atoms in total. The van der Waals surface area contributed by atoms with Gasteiger partial charge in [-0.15, -0.1) is 0 Å². The van der Waals surface area contributed by atoms with Crippen LogP contribution < -0.4 is 0 Å². The summed E-state index contributed by atoms with van der Waals surface area (Å²) < 4.78 is 39.7. The molecule has 5 heteroatoms. The third kappa shape index (κ3) is 2.10. The Kier molecular flexibility index (Phi) is 4.03. The second-order valence-electron chi connectivity index (χ2n) is 4.53. The van der Waals surface area contributed by atoms with Gasteiger partial charge in [-0.05, 0) is 13.3 Å². The summed E-state index contributed by atoms with van der Waals surface area (Å²) in [7, 11) is 0. The van der Waals surface area contributed by atoms with Crippen LogP contribution in [0.25, 0.3) is 0 Å². The zero-order valence-corrected chi connectivity index (χ0v) is 10.7. The van der Waals surface area contributed by atoms with Crippen LogP contribution in [0.5, 0.6) is 0 Å². The van der Waals surface area contributed by atoms with E-state index < -0.39 is 29.1 Å². The van der Waals surface area contributed by atoms with Crippen LogP contribution in [-0.4, -0.2) is 17.7 Å². The third-order valence-corrected chi connectivity index (χ3v) is 3.61. The Bertz CT molecular complexity index is 380. The molecule has 0 saturated heterocycles. The first kappa shape index (κ1) is 14.9. The maximum Gasteiger partial charge on any atom is 0.399 e. The van der Waals surface area contributed by atoms with Crippen molar-refractivity contribution in [2.75, 3.05) is 0 Å². The average molecular weight is 262 g/mol. The van der Waals surface area contributed by atoms with E-state index in [1.165, 1.54) is 26.8 Å². The molecule has 0 aromatic rings. The van der Waals surface area contributed by atoms with Crippen LogP contribution in [0.3, 0.4) is 0 Å². The van der Waals surface area contributed by atoms with Crippen LogP contribution in [0, 0.1) is 11.3 Å². The summed E-state index contributed by atoms with van der Waals surface area (Å²) in [4.78, 5) is 23.5. The van der Waals surface area contributed by atoms with E-state index in [4.69, 9.17) is 0 Å². The minimum absolute atomic E-state index is 0.0504. The standard InChI is InChI=1S/C13H17F3O2/c1-4-8-7-12(8,13(14,15)16)11(9(17)5-2)10(18)6-3/h4,11H,5-7H2,1-3H3/b8-4-/t12-/m0/s1. The quantitative estimate of drug-likeness (QED) is 0.561. The lowest BCUT2D eigenvalue weighted by molar-refractivity contribution is -0.199. The number of carbonyl (C=O) groups is 2. The maximum atomic E-state index is 13.2. The number of hydrogen-bond acceptors (Lipinski definition) is 2. The SMILES string of the molecule is C/C=C1/C[C@]1(C(C(=O)CC)C(=O)CC)C(F)(F)F. The molecule has 0 aromatic carbocycles. The van der Waals surface area contributed by atoms with E-state index in [2.05, 4.69) is 0 Å². The summed E-state index contributed by atoms with van der Waals surface area (Å²) in [6.45, 7) is 4.48. The molecule has 0 bridgehead atoms. The molecule has 1 atom stereocenters. The molecule has 1 fully saturated rings. The van der Waals surface area contributed by atoms with Gasteiger partial charge in [0.25, 0.3) is 0 Å². The van der Waals surface area contributed by atoms with Gasteiger partial charge in [-0.3, -0.25) is 9.59 Å². The van der Waals surface area contributed by atoms with Crippen LogP contribution in [0.4, 0.5) is 13.2 Å². The molecule has 0 amide bonds. The highest BCUT2D eigenvalue weighted by Gasteiger charge is 2.73. The summed E-state index contributed by atoms with van der Waals surface area (Å²) in [5.74, 6) is -2.79. The van der Waals surface area contributed by atoms with Gasteiger partial charge in [-0.2, -0.15) is 13.2 Å². The maximum absolute atomic E-state index is 13.2. The van der Waals surface area contributed by atoms with Crippen LogP contribution in [0.15, 0.2) is 11.6 Å². The molecule has 0 unspecified atom stereocenters. The summed E-state index contributed by atoms with van der Waals surface area (Å²) in [6, 6.07) is 0. The highest BCUT2D eigenvalue weighted by molar-refractivity contribution is 6.04. The van der Waals surface area contributed by atoms with Gasteiger partial charge in [-0.25, -0.2) is 0 Å². The van der Waals surface area contributed by atoms with Crippen molar-refractivity contribution in [2.24, 2.45) is 11.3 Å². The van der Waals surface area contributed by atoms with E-state index >= 15 is 0 Å². The molecule has 1 rings (SSSR count). The monoisotopic (exact) mass is 262 g/mol. The summed E-state index contributed by atoms with van der Waals surface area (Å²) in [5.41, 5.74) is -2.06. The first-order valence-electron chi connectivity index (χ1n) is 6.04. The molecule has 0 heterocycles. The lowest BCUT2D eigenvalue weighted by Gasteiger charge is -2.26. The molecule has 0 radical (unpaired) electrons. The first-order chi connectivity index (χ1) is 8.26. The normalized spacial score (nSPS) is 25.6. The Morgan fingerprint density at radius 3 is 1.94 bits per heavy atom. The van der Waals surface area contributed by atoms with Crippen molar-refractivity contribution in [3.8, 4) is 0 Å². The zero-order valence-electron chi connectivity index (χ0n) is 10.7. The fourth-order valence-corrected chi connectivity index (χ4v) is 2.49. The van der Waals surface area contributed by atoms with Crippen molar-refractivity contribution in [3.63, 3.8) is 0 Å². The van der Waals surface area contributed by atoms with Crippen molar-refractivity contribution in [1.82, 2.24) is 0 Å². The molecule has 0 N–H and O–H groups in total. The first-order valence-corrected chi connectivity index (χ1v) is 6.04. The average Bonchev–Trinajstić information content (AvgIpc) is 3.03. The van der Waals surface area contributed by atoms with Gasteiger partial charge in [0.2, 0.25) is 0 Å². The zero-order chi connectivity index (χ0) is 14.1. The van der Waals surface area contributed by atoms with E-state index in [0.717, 1.165) is 0 Å². The second kappa shape index (κ2) is 4.86. The van der Waals surface area contributed by atoms with Crippen molar-refractivity contribution in [3.05, 3.63) is 11.6 Å². The number of alkyl halides is 3. The van der Waals surface area contributed by atoms with Crippen LogP contribution in [0.2, 0.25) is 0 Å². The Balaban J connectivity index is 3.27. The number of ketones is 2. The van der Waals surface area contributed by atoms with Gasteiger partial charge in [-0.1, -0.05) is 25.5 Å². The molecular weight excluding hydrogens is 245 g/mol. The van der Waals surface area contributed by atoms with Crippen molar-refractivity contribution >= 4 is 11.6 Å². The summed E-state index contributed by atoms with van der Waals surface area (Å²) >= 11 is 0. The van der Waals surface area contributed by atoms with Crippen LogP contribution >= 0.6 is 0 Å². The smallest absolute Gasteiger partial charge is 0.299 e. The minimum Gasteiger partial charge on any atom is -0.299 e. The molecule has 1 aliphatic rings. The van der Waals surface area contributed by atoms with Crippen molar-refractivity contribution in [2.45, 2.75) is 46.2 Å². The number of rotatable bonds is 5. The lowest BCUT2D eigenvalue weighted by atomic mass is 9.79. The molecule has 0 spiro atoms. The Labute approximate surface area is 104 Å². The van der Waals surface area contributed by atoms with Crippen LogP contribution in [0.1, 0.15) is 40.0 Å². The molecular formula is C13H17F3O2. The fourth-order valence-electron chi connectivity index (χ4n) is 2.49. The van der Waals surface area contributed by atoms with Crippen LogP contribution in [-0.2, 0) is 9.59 Å². The molecule has 18 heavy (non-hydrogen) atoms. The van der Waals surface area contributed by atoms with Gasteiger partial charge >= 0.3 is 6.18 Å². The Morgan fingerprint density at radius 2 is 1.72 bits per heavy atom. The fraction of sp³-hybridized carbons (Fsp3) is 0.692. The van der Waals surface area contributed by atoms with E-state index in [1.54, 1.807) is 0 Å². The number of carbonyl (C=O) groups excluding carboxylic acids is 2. The molecule has 102 valence electrons. The highest BCUT2D eigenvalue weighted by Crippen LogP contribution is 2.67. The van der Waals surface area contributed by atoms with Gasteiger partial charge < -0.3 is 0 Å². The van der Waals surface area contributed by atoms with Crippen molar-refractivity contribution < 1.29 is 22.8 Å². The summed E-state index contributed by atoms with van der Waals surface area (Å²) in [6.07, 6.45) is -3.51. The van der Waals surface area contributed by atoms with E-state index in [1.807, 2.05) is 0 Å². The predicted octanol–water partition coefficient (Wildman–Crippen LogP) is 3.46. The Hall–Kier alpha value is -1.13. The largest absolute Gasteiger partial charge is 0.399 e. The Morgan fingerprint density at radius 1 is 1.28 bits per heavy atom. The van der Waals surface area contributed by atoms with Gasteiger partial charge in [0, 0.05) is 12.8 Å². The van der Waals surface area contributed by atoms with E-state index in [0.29, 0.717) is 0 Å². The second-order valence-corrected chi connectivity index (χ2v) is 4.53. The number of Topliss-reactive ketones (excluding diaryl/α,β-unsaturated/α-hetero) is 2. The lowest BCUT2D eigenvalue weighted by Crippen LogP contribution is -2.41. The number of halogens is 3. The van der Waals surface area contributed by atoms with E-state index in [-0.39, 0.29) is 24.8 Å². The summed E-state index contributed by atoms with van der Waals surface area (Å²) in [5, 5.41) is 0. The van der Waals surface area contributed by atoms with Crippen molar-refractivity contribution in [1.29, 1.82) is 0 Å². The third-order valence-electron chi connectivity index (χ3n) is 3.61. The topological polar surface area (TPSA) is 34.1 Å². The van der Waals surface area contributed by atoms with Gasteiger partial charge in [0.1, 0.15) is 17.0 Å². The molecule has 0 aliphatic heterocycles. The molecule has 1 aliphatic carbocycles. The minimum atomic E-state index is -4.55. The predicted molar refractivity (Wildman–Crippen MR) is 60.9 cm³/mol. The van der Waals surface area contributed by atoms with E-state index in [9.17, 15) is 22.8 Å². The molecule has 1 saturated carbocycles. The highest BCUT2D eigenvalue weighted by atomic mass is 19.4. The van der Waals surface area contributed by atoms with Gasteiger partial charge in [0.05, 0.1) is 5.92 Å². The van der Waals surface area contributed by atoms with Gasteiger partial charge in [0.15, 0.2) is 0 Å². The molecule has 0 aromatic heterocycles.